The first-order chi connectivity index (χ1) is 9.38. The van der Waals surface area contributed by atoms with Gasteiger partial charge < -0.3 is 0 Å². The van der Waals surface area contributed by atoms with Crippen LogP contribution in [0.4, 0.5) is 4.39 Å². The third-order valence-corrected chi connectivity index (χ3v) is 3.93. The van der Waals surface area contributed by atoms with Gasteiger partial charge in [-0.25, -0.2) is 4.39 Å². The smallest absolute Gasteiger partial charge is 0.141 e. The van der Waals surface area contributed by atoms with Crippen molar-refractivity contribution in [1.29, 1.82) is 0 Å². The molecule has 0 bridgehead atoms. The molecule has 0 aliphatic heterocycles. The van der Waals surface area contributed by atoms with E-state index in [1.165, 1.54) is 6.07 Å². The highest BCUT2D eigenvalue weighted by molar-refractivity contribution is 9.10. The molecule has 2 rings (SSSR count). The topological polar surface area (TPSA) is 34.9 Å². The summed E-state index contributed by atoms with van der Waals surface area (Å²) in [6, 6.07) is 4.76. The summed E-state index contributed by atoms with van der Waals surface area (Å²) in [6.07, 6.45) is 0.397. The molecule has 3 nitrogen and oxygen atoms in total. The predicted octanol–water partition coefficient (Wildman–Crippen LogP) is 3.29. The standard InChI is InChI=1S/C15H16BrFN2O/c1-9-14(10(2)19(3)18-9)8-13(20)6-11-4-5-12(16)7-15(11)17/h4-5,7H,6,8H2,1-3H3. The Hall–Kier alpha value is -1.49. The van der Waals surface area contributed by atoms with Crippen molar-refractivity contribution in [3.05, 3.63) is 51.0 Å². The van der Waals surface area contributed by atoms with Gasteiger partial charge in [-0.2, -0.15) is 5.10 Å². The van der Waals surface area contributed by atoms with Gasteiger partial charge in [0.2, 0.25) is 0 Å². The number of rotatable bonds is 4. The van der Waals surface area contributed by atoms with Crippen LogP contribution in [0, 0.1) is 19.7 Å². The first kappa shape index (κ1) is 14.9. The van der Waals surface area contributed by atoms with E-state index in [-0.39, 0.29) is 18.0 Å². The second kappa shape index (κ2) is 5.87. The van der Waals surface area contributed by atoms with Crippen LogP contribution in [-0.2, 0) is 24.7 Å². The molecule has 0 aliphatic rings. The molecule has 0 radical (unpaired) electrons. The van der Waals surface area contributed by atoms with E-state index in [2.05, 4.69) is 21.0 Å². The number of carbonyl (C=O) groups is 1. The number of nitrogens with zero attached hydrogens (tertiary/aromatic N) is 2. The van der Waals surface area contributed by atoms with Gasteiger partial charge in [0.05, 0.1) is 5.69 Å². The van der Waals surface area contributed by atoms with Crippen molar-refractivity contribution in [2.24, 2.45) is 7.05 Å². The first-order valence-corrected chi connectivity index (χ1v) is 7.12. The SMILES string of the molecule is Cc1nn(C)c(C)c1CC(=O)Cc1ccc(Br)cc1F. The van der Waals surface area contributed by atoms with Crippen molar-refractivity contribution in [3.8, 4) is 0 Å². The predicted molar refractivity (Wildman–Crippen MR) is 79.2 cm³/mol. The Morgan fingerprint density at radius 2 is 2.05 bits per heavy atom. The minimum absolute atomic E-state index is 0.00887. The molecule has 0 N–H and O–H groups in total. The van der Waals surface area contributed by atoms with Gasteiger partial charge in [0.25, 0.3) is 0 Å². The molecule has 0 fully saturated rings. The highest BCUT2D eigenvalue weighted by atomic mass is 79.9. The van der Waals surface area contributed by atoms with E-state index < -0.39 is 0 Å². The summed E-state index contributed by atoms with van der Waals surface area (Å²) in [6.45, 7) is 3.82. The lowest BCUT2D eigenvalue weighted by molar-refractivity contribution is -0.117. The average Bonchev–Trinajstić information content (AvgIpc) is 2.60. The van der Waals surface area contributed by atoms with Crippen molar-refractivity contribution >= 4 is 21.7 Å². The summed E-state index contributed by atoms with van der Waals surface area (Å²) in [5, 5.41) is 4.28. The fraction of sp³-hybridized carbons (Fsp3) is 0.333. The van der Waals surface area contributed by atoms with Crippen molar-refractivity contribution in [3.63, 3.8) is 0 Å². The molecule has 0 amide bonds. The lowest BCUT2D eigenvalue weighted by Gasteiger charge is -2.04. The van der Waals surface area contributed by atoms with Crippen LogP contribution in [0.2, 0.25) is 0 Å². The van der Waals surface area contributed by atoms with Crippen molar-refractivity contribution in [1.82, 2.24) is 9.78 Å². The largest absolute Gasteiger partial charge is 0.299 e. The number of ketones is 1. The Kier molecular flexibility index (Phi) is 4.38. The first-order valence-electron chi connectivity index (χ1n) is 6.33. The van der Waals surface area contributed by atoms with E-state index in [1.807, 2.05) is 20.9 Å². The van der Waals surface area contributed by atoms with Gasteiger partial charge in [-0.1, -0.05) is 22.0 Å². The molecule has 106 valence electrons. The Bertz CT molecular complexity index is 664. The maximum atomic E-state index is 13.7. The number of aromatic nitrogens is 2. The van der Waals surface area contributed by atoms with Crippen LogP contribution in [0.5, 0.6) is 0 Å². The van der Waals surface area contributed by atoms with Crippen molar-refractivity contribution < 1.29 is 9.18 Å². The van der Waals surface area contributed by atoms with Crippen LogP contribution < -0.4 is 0 Å². The van der Waals surface area contributed by atoms with Crippen LogP contribution in [0.25, 0.3) is 0 Å². The van der Waals surface area contributed by atoms with Gasteiger partial charge in [0.15, 0.2) is 0 Å². The van der Waals surface area contributed by atoms with Gasteiger partial charge in [-0.3, -0.25) is 9.48 Å². The number of halogens is 2. The van der Waals surface area contributed by atoms with Crippen LogP contribution in [-0.4, -0.2) is 15.6 Å². The molecular formula is C15H16BrFN2O. The summed E-state index contributed by atoms with van der Waals surface area (Å²) in [7, 11) is 1.85. The van der Waals surface area contributed by atoms with Gasteiger partial charge in [0, 0.05) is 35.6 Å². The number of benzene rings is 1. The van der Waals surface area contributed by atoms with Crippen LogP contribution in [0.15, 0.2) is 22.7 Å². The van der Waals surface area contributed by atoms with E-state index in [0.717, 1.165) is 17.0 Å². The minimum Gasteiger partial charge on any atom is -0.299 e. The molecule has 0 aliphatic carbocycles. The van der Waals surface area contributed by atoms with Crippen molar-refractivity contribution in [2.75, 3.05) is 0 Å². The Morgan fingerprint density at radius 3 is 2.60 bits per heavy atom. The van der Waals surface area contributed by atoms with E-state index in [9.17, 15) is 9.18 Å². The van der Waals surface area contributed by atoms with Crippen LogP contribution in [0.1, 0.15) is 22.5 Å². The zero-order chi connectivity index (χ0) is 14.9. The molecule has 5 heteroatoms. The second-order valence-electron chi connectivity index (χ2n) is 4.90. The lowest BCUT2D eigenvalue weighted by Crippen LogP contribution is -2.09. The minimum atomic E-state index is -0.354. The van der Waals surface area contributed by atoms with E-state index in [0.29, 0.717) is 16.5 Å². The quantitative estimate of drug-likeness (QED) is 0.857. The Morgan fingerprint density at radius 1 is 1.35 bits per heavy atom. The van der Waals surface area contributed by atoms with Crippen LogP contribution >= 0.6 is 15.9 Å². The fourth-order valence-corrected chi connectivity index (χ4v) is 2.54. The second-order valence-corrected chi connectivity index (χ2v) is 5.82. The molecule has 0 atom stereocenters. The number of Topliss-reactive ketones (excluding diaryl/α,β-unsaturated/α-hetero) is 1. The highest BCUT2D eigenvalue weighted by Crippen LogP contribution is 2.18. The van der Waals surface area contributed by atoms with E-state index >= 15 is 0 Å². The zero-order valence-electron chi connectivity index (χ0n) is 11.7. The summed E-state index contributed by atoms with van der Waals surface area (Å²) in [4.78, 5) is 12.1. The van der Waals surface area contributed by atoms with Gasteiger partial charge in [-0.15, -0.1) is 0 Å². The monoisotopic (exact) mass is 338 g/mol. The third-order valence-electron chi connectivity index (χ3n) is 3.44. The van der Waals surface area contributed by atoms with E-state index in [4.69, 9.17) is 0 Å². The average molecular weight is 339 g/mol. The van der Waals surface area contributed by atoms with E-state index in [1.54, 1.807) is 16.8 Å². The summed E-state index contributed by atoms with van der Waals surface area (Å²) < 4.78 is 16.1. The Labute approximate surface area is 125 Å². The maximum absolute atomic E-state index is 13.7. The summed E-state index contributed by atoms with van der Waals surface area (Å²) >= 11 is 3.20. The molecule has 20 heavy (non-hydrogen) atoms. The normalized spacial score (nSPS) is 10.8. The Balaban J connectivity index is 2.13. The van der Waals surface area contributed by atoms with Crippen LogP contribution in [0.3, 0.4) is 0 Å². The number of hydrogen-bond donors (Lipinski definition) is 0. The molecule has 0 saturated heterocycles. The van der Waals surface area contributed by atoms with Gasteiger partial charge in [-0.05, 0) is 31.5 Å². The lowest BCUT2D eigenvalue weighted by atomic mass is 10.0. The molecule has 0 unspecified atom stereocenters. The van der Waals surface area contributed by atoms with Gasteiger partial charge >= 0.3 is 0 Å². The summed E-state index contributed by atoms with van der Waals surface area (Å²) in [5.41, 5.74) is 3.20. The molecule has 0 spiro atoms. The molecule has 1 aromatic carbocycles. The number of hydrogen-bond acceptors (Lipinski definition) is 2. The molecule has 1 aromatic heterocycles. The zero-order valence-corrected chi connectivity index (χ0v) is 13.3. The molecular weight excluding hydrogens is 323 g/mol. The molecule has 1 heterocycles. The fourth-order valence-electron chi connectivity index (χ4n) is 2.21. The summed E-state index contributed by atoms with van der Waals surface area (Å²) in [5.74, 6) is -0.363. The molecule has 2 aromatic rings. The van der Waals surface area contributed by atoms with Crippen molar-refractivity contribution in [2.45, 2.75) is 26.7 Å². The highest BCUT2D eigenvalue weighted by Gasteiger charge is 2.15. The number of carbonyl (C=O) groups excluding carboxylic acids is 1. The molecule has 0 saturated carbocycles. The number of aryl methyl sites for hydroxylation is 2. The maximum Gasteiger partial charge on any atom is 0.141 e. The van der Waals surface area contributed by atoms with Gasteiger partial charge in [0.1, 0.15) is 11.6 Å². The third kappa shape index (κ3) is 3.15.